The number of likely N-dealkylation sites (tertiary alicyclic amines) is 1. The first-order valence-electron chi connectivity index (χ1n) is 9.45. The molecule has 2 aromatic rings. The Bertz CT molecular complexity index is 924. The molecular weight excluding hydrogens is 384 g/mol. The third-order valence-electron chi connectivity index (χ3n) is 5.51. The van der Waals surface area contributed by atoms with E-state index < -0.39 is 11.6 Å². The summed E-state index contributed by atoms with van der Waals surface area (Å²) in [5, 5.41) is 3.19. The van der Waals surface area contributed by atoms with Crippen LogP contribution in [0.1, 0.15) is 37.0 Å². The van der Waals surface area contributed by atoms with Crippen LogP contribution in [0.3, 0.4) is 0 Å². The normalized spacial score (nSPS) is 20.2. The number of halogens is 2. The number of carbonyl (C=O) groups is 2. The third-order valence-corrected chi connectivity index (χ3v) is 6.40. The monoisotopic (exact) mass is 405 g/mol. The fourth-order valence-electron chi connectivity index (χ4n) is 4.04. The lowest BCUT2D eigenvalue weighted by atomic mass is 10.1. The number of nitrogens with zero attached hydrogens (tertiary/aromatic N) is 2. The predicted molar refractivity (Wildman–Crippen MR) is 103 cm³/mol. The highest BCUT2D eigenvalue weighted by Gasteiger charge is 2.38. The average molecular weight is 405 g/mol. The number of benzene rings is 1. The first-order chi connectivity index (χ1) is 13.4. The van der Waals surface area contributed by atoms with Crippen LogP contribution >= 0.6 is 11.3 Å². The Morgan fingerprint density at radius 1 is 1.25 bits per heavy atom. The molecule has 0 radical (unpaired) electrons. The Hall–Kier alpha value is -2.35. The van der Waals surface area contributed by atoms with Gasteiger partial charge in [0, 0.05) is 29.4 Å². The number of aryl methyl sites for hydroxylation is 1. The van der Waals surface area contributed by atoms with E-state index in [0.29, 0.717) is 22.9 Å². The lowest BCUT2D eigenvalue weighted by Gasteiger charge is -2.23. The van der Waals surface area contributed by atoms with Gasteiger partial charge in [0.15, 0.2) is 16.8 Å². The molecule has 1 aliphatic heterocycles. The van der Waals surface area contributed by atoms with Crippen molar-refractivity contribution in [3.63, 3.8) is 0 Å². The highest BCUT2D eigenvalue weighted by atomic mass is 32.1. The second-order valence-corrected chi connectivity index (χ2v) is 8.63. The van der Waals surface area contributed by atoms with E-state index in [2.05, 4.69) is 10.3 Å². The van der Waals surface area contributed by atoms with Crippen molar-refractivity contribution in [3.8, 4) is 11.3 Å². The summed E-state index contributed by atoms with van der Waals surface area (Å²) in [5.41, 5.74) is 0.964. The molecule has 0 bridgehead atoms. The fraction of sp³-hybridized carbons (Fsp3) is 0.450. The topological polar surface area (TPSA) is 62.3 Å². The van der Waals surface area contributed by atoms with E-state index in [0.717, 1.165) is 42.7 Å². The first kappa shape index (κ1) is 19.0. The molecule has 0 spiro atoms. The van der Waals surface area contributed by atoms with Gasteiger partial charge in [0.05, 0.1) is 11.6 Å². The SMILES string of the molecule is Cc1sc(NC(=O)[C@H]2CC(=O)N(C3CCCC3)C2)nc1-c1ccc(F)c(F)c1. The van der Waals surface area contributed by atoms with Crippen molar-refractivity contribution < 1.29 is 18.4 Å². The Labute approximate surface area is 165 Å². The molecule has 1 aromatic heterocycles. The van der Waals surface area contributed by atoms with Crippen LogP contribution in [0.25, 0.3) is 11.3 Å². The van der Waals surface area contributed by atoms with E-state index in [1.54, 1.807) is 0 Å². The molecule has 4 rings (SSSR count). The summed E-state index contributed by atoms with van der Waals surface area (Å²) >= 11 is 1.28. The quantitative estimate of drug-likeness (QED) is 0.832. The number of hydrogen-bond donors (Lipinski definition) is 1. The predicted octanol–water partition coefficient (Wildman–Crippen LogP) is 4.13. The van der Waals surface area contributed by atoms with E-state index in [1.807, 2.05) is 11.8 Å². The minimum absolute atomic E-state index is 0.0462. The van der Waals surface area contributed by atoms with E-state index in [-0.39, 0.29) is 30.2 Å². The number of nitrogens with one attached hydrogen (secondary N) is 1. The number of rotatable bonds is 4. The Morgan fingerprint density at radius 2 is 2.00 bits per heavy atom. The van der Waals surface area contributed by atoms with Gasteiger partial charge in [-0.15, -0.1) is 11.3 Å². The van der Waals surface area contributed by atoms with Crippen LogP contribution in [0.4, 0.5) is 13.9 Å². The molecule has 1 N–H and O–H groups in total. The van der Waals surface area contributed by atoms with Crippen LogP contribution in [0, 0.1) is 24.5 Å². The highest BCUT2D eigenvalue weighted by Crippen LogP contribution is 2.33. The van der Waals surface area contributed by atoms with Crippen molar-refractivity contribution >= 4 is 28.3 Å². The zero-order valence-electron chi connectivity index (χ0n) is 15.5. The van der Waals surface area contributed by atoms with E-state index >= 15 is 0 Å². The number of hydrogen-bond acceptors (Lipinski definition) is 4. The van der Waals surface area contributed by atoms with Gasteiger partial charge >= 0.3 is 0 Å². The highest BCUT2D eigenvalue weighted by molar-refractivity contribution is 7.16. The molecule has 1 aromatic carbocycles. The smallest absolute Gasteiger partial charge is 0.231 e. The number of anilines is 1. The first-order valence-corrected chi connectivity index (χ1v) is 10.3. The summed E-state index contributed by atoms with van der Waals surface area (Å²) < 4.78 is 26.7. The molecule has 2 amide bonds. The Balaban J connectivity index is 1.45. The molecule has 2 heterocycles. The average Bonchev–Trinajstić information content (AvgIpc) is 3.37. The summed E-state index contributed by atoms with van der Waals surface area (Å²) in [6.07, 6.45) is 4.53. The lowest BCUT2D eigenvalue weighted by Crippen LogP contribution is -2.35. The summed E-state index contributed by atoms with van der Waals surface area (Å²) in [6.45, 7) is 2.26. The molecule has 1 saturated heterocycles. The molecule has 148 valence electrons. The van der Waals surface area contributed by atoms with Gasteiger partial charge in [0.2, 0.25) is 11.8 Å². The standard InChI is InChI=1S/C20H21F2N3O2S/c1-11-18(12-6-7-15(21)16(22)8-12)23-20(28-11)24-19(27)13-9-17(26)25(10-13)14-4-2-3-5-14/h6-8,13-14H,2-5,9-10H2,1H3,(H,23,24,27)/t13-/m0/s1. The molecule has 1 atom stereocenters. The van der Waals surface area contributed by atoms with Crippen molar-refractivity contribution in [1.82, 2.24) is 9.88 Å². The van der Waals surface area contributed by atoms with Gasteiger partial charge in [-0.25, -0.2) is 13.8 Å². The van der Waals surface area contributed by atoms with E-state index in [1.165, 1.54) is 17.4 Å². The van der Waals surface area contributed by atoms with Crippen LogP contribution in [-0.2, 0) is 9.59 Å². The third kappa shape index (κ3) is 3.65. The molecular formula is C20H21F2N3O2S. The van der Waals surface area contributed by atoms with Crippen molar-refractivity contribution in [1.29, 1.82) is 0 Å². The van der Waals surface area contributed by atoms with Gasteiger partial charge < -0.3 is 10.2 Å². The van der Waals surface area contributed by atoms with Gasteiger partial charge in [-0.3, -0.25) is 9.59 Å². The Kier molecular flexibility index (Phi) is 5.14. The van der Waals surface area contributed by atoms with Crippen LogP contribution in [0.15, 0.2) is 18.2 Å². The molecule has 28 heavy (non-hydrogen) atoms. The Morgan fingerprint density at radius 3 is 2.71 bits per heavy atom. The van der Waals surface area contributed by atoms with Crippen LogP contribution in [0.5, 0.6) is 0 Å². The van der Waals surface area contributed by atoms with Gasteiger partial charge in [0.25, 0.3) is 0 Å². The molecule has 5 nitrogen and oxygen atoms in total. The minimum Gasteiger partial charge on any atom is -0.339 e. The second kappa shape index (κ2) is 7.58. The summed E-state index contributed by atoms with van der Waals surface area (Å²) in [6, 6.07) is 3.88. The summed E-state index contributed by atoms with van der Waals surface area (Å²) in [7, 11) is 0. The van der Waals surface area contributed by atoms with Crippen molar-refractivity contribution in [2.75, 3.05) is 11.9 Å². The fourth-order valence-corrected chi connectivity index (χ4v) is 4.88. The zero-order chi connectivity index (χ0) is 19.8. The number of aromatic nitrogens is 1. The summed E-state index contributed by atoms with van der Waals surface area (Å²) in [5.74, 6) is -2.41. The number of amides is 2. The molecule has 1 aliphatic carbocycles. The molecule has 0 unspecified atom stereocenters. The van der Waals surface area contributed by atoms with Crippen LogP contribution < -0.4 is 5.32 Å². The van der Waals surface area contributed by atoms with Gasteiger partial charge in [-0.1, -0.05) is 12.8 Å². The van der Waals surface area contributed by atoms with E-state index in [4.69, 9.17) is 0 Å². The largest absolute Gasteiger partial charge is 0.339 e. The number of thiazole rings is 1. The van der Waals surface area contributed by atoms with Crippen molar-refractivity contribution in [2.45, 2.75) is 45.1 Å². The van der Waals surface area contributed by atoms with Crippen molar-refractivity contribution in [3.05, 3.63) is 34.7 Å². The van der Waals surface area contributed by atoms with Gasteiger partial charge in [-0.2, -0.15) is 0 Å². The molecule has 2 fully saturated rings. The van der Waals surface area contributed by atoms with Crippen LogP contribution in [0.2, 0.25) is 0 Å². The molecule has 1 saturated carbocycles. The second-order valence-electron chi connectivity index (χ2n) is 7.43. The van der Waals surface area contributed by atoms with E-state index in [9.17, 15) is 18.4 Å². The maximum atomic E-state index is 13.5. The maximum absolute atomic E-state index is 13.5. The zero-order valence-corrected chi connectivity index (χ0v) is 16.3. The lowest BCUT2D eigenvalue weighted by molar-refractivity contribution is -0.129. The molecule has 2 aliphatic rings. The minimum atomic E-state index is -0.938. The van der Waals surface area contributed by atoms with Gasteiger partial charge in [-0.05, 0) is 38.0 Å². The maximum Gasteiger partial charge on any atom is 0.231 e. The summed E-state index contributed by atoms with van der Waals surface area (Å²) in [4.78, 5) is 32.0. The number of carbonyl (C=O) groups excluding carboxylic acids is 2. The van der Waals surface area contributed by atoms with Gasteiger partial charge in [0.1, 0.15) is 0 Å². The van der Waals surface area contributed by atoms with Crippen LogP contribution in [-0.4, -0.2) is 34.3 Å². The molecule has 8 heteroatoms. The van der Waals surface area contributed by atoms with Crippen molar-refractivity contribution in [2.24, 2.45) is 5.92 Å².